The Labute approximate surface area is 117 Å². The summed E-state index contributed by atoms with van der Waals surface area (Å²) in [4.78, 5) is 11.0. The van der Waals surface area contributed by atoms with Gasteiger partial charge < -0.3 is 9.73 Å². The number of thiophene rings is 1. The van der Waals surface area contributed by atoms with Crippen LogP contribution < -0.4 is 5.32 Å². The zero-order valence-electron chi connectivity index (χ0n) is 10.6. The molecule has 0 saturated carbocycles. The Morgan fingerprint density at radius 1 is 1.26 bits per heavy atom. The topological polar surface area (TPSA) is 76.7 Å². The standard InChI is InChI=1S/C11H11N5OS2/c1-5-4-7-8(18-5)13-10(12-3)14-9(7)19-11-16-15-6(2)17-11/h4H,1-3H3,(H,12,13,14). The summed E-state index contributed by atoms with van der Waals surface area (Å²) in [6.07, 6.45) is 0. The van der Waals surface area contributed by atoms with E-state index in [-0.39, 0.29) is 0 Å². The van der Waals surface area contributed by atoms with E-state index in [2.05, 4.69) is 38.5 Å². The van der Waals surface area contributed by atoms with Crippen LogP contribution >= 0.6 is 23.1 Å². The third-order valence-electron chi connectivity index (χ3n) is 2.40. The Kier molecular flexibility index (Phi) is 3.11. The maximum absolute atomic E-state index is 5.38. The van der Waals surface area contributed by atoms with Crippen LogP contribution in [0.15, 0.2) is 20.7 Å². The minimum absolute atomic E-state index is 0.489. The van der Waals surface area contributed by atoms with Gasteiger partial charge in [-0.3, -0.25) is 0 Å². The molecule has 8 heteroatoms. The van der Waals surface area contributed by atoms with Crippen LogP contribution in [0.5, 0.6) is 0 Å². The lowest BCUT2D eigenvalue weighted by molar-refractivity contribution is 0.429. The van der Waals surface area contributed by atoms with E-state index < -0.39 is 0 Å². The van der Waals surface area contributed by atoms with E-state index in [1.165, 1.54) is 16.6 Å². The maximum atomic E-state index is 5.38. The van der Waals surface area contributed by atoms with Gasteiger partial charge in [0, 0.05) is 24.2 Å². The van der Waals surface area contributed by atoms with Gasteiger partial charge in [-0.2, -0.15) is 0 Å². The van der Waals surface area contributed by atoms with Crippen molar-refractivity contribution >= 4 is 39.3 Å². The molecule has 0 aliphatic carbocycles. The van der Waals surface area contributed by atoms with Gasteiger partial charge in [0.25, 0.3) is 5.22 Å². The van der Waals surface area contributed by atoms with Crippen LogP contribution in [0, 0.1) is 13.8 Å². The van der Waals surface area contributed by atoms with Gasteiger partial charge in [-0.25, -0.2) is 9.97 Å². The zero-order chi connectivity index (χ0) is 13.4. The molecular weight excluding hydrogens is 282 g/mol. The van der Waals surface area contributed by atoms with Crippen molar-refractivity contribution in [1.29, 1.82) is 0 Å². The number of nitrogens with zero attached hydrogens (tertiary/aromatic N) is 4. The quantitative estimate of drug-likeness (QED) is 0.744. The molecule has 19 heavy (non-hydrogen) atoms. The van der Waals surface area contributed by atoms with E-state index in [0.717, 1.165) is 15.2 Å². The molecule has 3 aromatic heterocycles. The second-order valence-corrected chi connectivity index (χ2v) is 6.04. The summed E-state index contributed by atoms with van der Waals surface area (Å²) in [6, 6.07) is 2.07. The maximum Gasteiger partial charge on any atom is 0.282 e. The SMILES string of the molecule is CNc1nc(Sc2nnc(C)o2)c2cc(C)sc2n1. The minimum atomic E-state index is 0.489. The fourth-order valence-electron chi connectivity index (χ4n) is 1.61. The lowest BCUT2D eigenvalue weighted by Crippen LogP contribution is -1.96. The van der Waals surface area contributed by atoms with Crippen LogP contribution in [0.25, 0.3) is 10.2 Å². The van der Waals surface area contributed by atoms with Crippen molar-refractivity contribution in [2.75, 3.05) is 12.4 Å². The molecule has 3 heterocycles. The van der Waals surface area contributed by atoms with E-state index in [1.807, 2.05) is 0 Å². The summed E-state index contributed by atoms with van der Waals surface area (Å²) in [5, 5.41) is 13.1. The molecule has 0 aromatic carbocycles. The van der Waals surface area contributed by atoms with Crippen LogP contribution in [0.4, 0.5) is 5.95 Å². The third-order valence-corrected chi connectivity index (χ3v) is 4.18. The van der Waals surface area contributed by atoms with Crippen LogP contribution in [0.2, 0.25) is 0 Å². The molecule has 3 aromatic rings. The molecule has 6 nitrogen and oxygen atoms in total. The number of aromatic nitrogens is 4. The fourth-order valence-corrected chi connectivity index (χ4v) is 3.36. The Balaban J connectivity index is 2.09. The van der Waals surface area contributed by atoms with E-state index in [0.29, 0.717) is 17.1 Å². The molecule has 3 rings (SSSR count). The van der Waals surface area contributed by atoms with Crippen molar-refractivity contribution in [3.05, 3.63) is 16.8 Å². The van der Waals surface area contributed by atoms with Crippen molar-refractivity contribution in [2.45, 2.75) is 24.1 Å². The molecule has 0 radical (unpaired) electrons. The summed E-state index contributed by atoms with van der Waals surface area (Å²) < 4.78 is 5.38. The van der Waals surface area contributed by atoms with Crippen molar-refractivity contribution in [3.63, 3.8) is 0 Å². The van der Waals surface area contributed by atoms with E-state index in [1.54, 1.807) is 25.3 Å². The predicted octanol–water partition coefficient (Wildman–Crippen LogP) is 2.88. The molecule has 0 aliphatic rings. The van der Waals surface area contributed by atoms with Gasteiger partial charge in [0.1, 0.15) is 9.86 Å². The van der Waals surface area contributed by atoms with Gasteiger partial charge in [-0.15, -0.1) is 21.5 Å². The van der Waals surface area contributed by atoms with Gasteiger partial charge in [0.05, 0.1) is 0 Å². The van der Waals surface area contributed by atoms with Crippen molar-refractivity contribution in [3.8, 4) is 0 Å². The Hall–Kier alpha value is -1.67. The number of hydrogen-bond acceptors (Lipinski definition) is 8. The smallest absolute Gasteiger partial charge is 0.282 e. The molecule has 0 amide bonds. The molecule has 0 atom stereocenters. The molecule has 0 unspecified atom stereocenters. The van der Waals surface area contributed by atoms with E-state index in [4.69, 9.17) is 4.42 Å². The van der Waals surface area contributed by atoms with Crippen molar-refractivity contribution in [2.24, 2.45) is 0 Å². The number of aryl methyl sites for hydroxylation is 2. The van der Waals surface area contributed by atoms with Gasteiger partial charge in [0.2, 0.25) is 11.8 Å². The van der Waals surface area contributed by atoms with Gasteiger partial charge in [0.15, 0.2) is 0 Å². The highest BCUT2D eigenvalue weighted by Gasteiger charge is 2.14. The summed E-state index contributed by atoms with van der Waals surface area (Å²) in [7, 11) is 1.80. The molecule has 0 fully saturated rings. The van der Waals surface area contributed by atoms with Crippen LogP contribution in [0.3, 0.4) is 0 Å². The molecule has 0 aliphatic heterocycles. The predicted molar refractivity (Wildman–Crippen MR) is 74.9 cm³/mol. The summed E-state index contributed by atoms with van der Waals surface area (Å²) in [6.45, 7) is 3.82. The average Bonchev–Trinajstić information content (AvgIpc) is 2.94. The summed E-state index contributed by atoms with van der Waals surface area (Å²) >= 11 is 3.00. The number of fused-ring (bicyclic) bond motifs is 1. The van der Waals surface area contributed by atoms with Gasteiger partial charge in [-0.05, 0) is 24.8 Å². The zero-order valence-corrected chi connectivity index (χ0v) is 12.2. The number of anilines is 1. The van der Waals surface area contributed by atoms with Crippen molar-refractivity contribution < 1.29 is 4.42 Å². The highest BCUT2D eigenvalue weighted by atomic mass is 32.2. The average molecular weight is 293 g/mol. The molecule has 98 valence electrons. The monoisotopic (exact) mass is 293 g/mol. The van der Waals surface area contributed by atoms with Gasteiger partial charge >= 0.3 is 0 Å². The summed E-state index contributed by atoms with van der Waals surface area (Å²) in [5.41, 5.74) is 0. The van der Waals surface area contributed by atoms with Crippen molar-refractivity contribution in [1.82, 2.24) is 20.2 Å². The largest absolute Gasteiger partial charge is 0.416 e. The van der Waals surface area contributed by atoms with Crippen LogP contribution in [-0.4, -0.2) is 27.2 Å². The second kappa shape index (κ2) is 4.78. The first kappa shape index (κ1) is 12.4. The Morgan fingerprint density at radius 2 is 2.11 bits per heavy atom. The van der Waals surface area contributed by atoms with Gasteiger partial charge in [-0.1, -0.05) is 0 Å². The Morgan fingerprint density at radius 3 is 2.79 bits per heavy atom. The lowest BCUT2D eigenvalue weighted by Gasteiger charge is -2.02. The number of hydrogen-bond donors (Lipinski definition) is 1. The number of nitrogens with one attached hydrogen (secondary N) is 1. The normalized spacial score (nSPS) is 11.1. The highest BCUT2D eigenvalue weighted by molar-refractivity contribution is 7.99. The second-order valence-electron chi connectivity index (χ2n) is 3.87. The molecular formula is C11H11N5OS2. The minimum Gasteiger partial charge on any atom is -0.416 e. The molecule has 0 bridgehead atoms. The first-order valence-electron chi connectivity index (χ1n) is 5.59. The molecule has 0 spiro atoms. The van der Waals surface area contributed by atoms with Crippen LogP contribution in [0.1, 0.15) is 10.8 Å². The highest BCUT2D eigenvalue weighted by Crippen LogP contribution is 2.35. The molecule has 0 saturated heterocycles. The summed E-state index contributed by atoms with van der Waals surface area (Å²) in [5.74, 6) is 1.14. The Bertz CT molecular complexity index is 736. The first-order valence-corrected chi connectivity index (χ1v) is 7.23. The van der Waals surface area contributed by atoms with Crippen LogP contribution in [-0.2, 0) is 0 Å². The third kappa shape index (κ3) is 2.41. The van der Waals surface area contributed by atoms with E-state index >= 15 is 0 Å². The lowest BCUT2D eigenvalue weighted by atomic mass is 10.4. The number of rotatable bonds is 3. The fraction of sp³-hybridized carbons (Fsp3) is 0.273. The first-order chi connectivity index (χ1) is 9.15. The van der Waals surface area contributed by atoms with E-state index in [9.17, 15) is 0 Å². The molecule has 1 N–H and O–H groups in total.